The lowest BCUT2D eigenvalue weighted by molar-refractivity contribution is 0.565. The smallest absolute Gasteiger partial charge is 0.140 e. The predicted molar refractivity (Wildman–Crippen MR) is 102 cm³/mol. The van der Waals surface area contributed by atoms with Gasteiger partial charge in [0.15, 0.2) is 0 Å². The Balaban J connectivity index is 0.000000158. The standard InChI is InChI=1S/C10H17N.C7H6ClN3.C2H6/c1-8(9-6-7-9)11-10-4-2-3-5-10;1-4-6-5(11-10-4)2-3-9-7(6)8;1-2/h9-11H,1-7H2;2-3H,1H3,(H,10,11);1-2H3. The maximum Gasteiger partial charge on any atom is 0.140 e. The fourth-order valence-corrected chi connectivity index (χ4v) is 3.24. The van der Waals surface area contributed by atoms with Crippen LogP contribution in [0, 0.1) is 12.8 Å². The summed E-state index contributed by atoms with van der Waals surface area (Å²) in [6, 6.07) is 2.59. The Bertz CT molecular complexity index is 654. The Morgan fingerprint density at radius 2 is 1.92 bits per heavy atom. The monoisotopic (exact) mass is 348 g/mol. The Hall–Kier alpha value is -1.55. The zero-order valence-corrected chi connectivity index (χ0v) is 15.8. The summed E-state index contributed by atoms with van der Waals surface area (Å²) in [5.41, 5.74) is 3.14. The first-order valence-electron chi connectivity index (χ1n) is 9.05. The summed E-state index contributed by atoms with van der Waals surface area (Å²) in [7, 11) is 0. The number of halogens is 1. The number of pyridine rings is 1. The molecule has 2 saturated carbocycles. The largest absolute Gasteiger partial charge is 0.386 e. The molecular formula is C19H29ClN4. The summed E-state index contributed by atoms with van der Waals surface area (Å²) in [6.07, 6.45) is 9.95. The van der Waals surface area contributed by atoms with E-state index in [-0.39, 0.29) is 0 Å². The molecule has 2 aliphatic carbocycles. The predicted octanol–water partition coefficient (Wildman–Crippen LogP) is 5.39. The molecule has 2 aliphatic rings. The van der Waals surface area contributed by atoms with Crippen LogP contribution in [0.15, 0.2) is 24.5 Å². The third kappa shape index (κ3) is 4.97. The molecule has 0 saturated heterocycles. The molecule has 0 bridgehead atoms. The summed E-state index contributed by atoms with van der Waals surface area (Å²) >= 11 is 5.83. The molecule has 0 unspecified atom stereocenters. The van der Waals surface area contributed by atoms with E-state index in [4.69, 9.17) is 11.6 Å². The van der Waals surface area contributed by atoms with Gasteiger partial charge in [0.1, 0.15) is 5.15 Å². The van der Waals surface area contributed by atoms with E-state index in [0.717, 1.165) is 28.6 Å². The van der Waals surface area contributed by atoms with E-state index < -0.39 is 0 Å². The van der Waals surface area contributed by atoms with Crippen molar-refractivity contribution in [2.45, 2.75) is 65.3 Å². The van der Waals surface area contributed by atoms with Crippen LogP contribution in [0.2, 0.25) is 5.15 Å². The number of aryl methyl sites for hydroxylation is 1. The average molecular weight is 349 g/mol. The van der Waals surface area contributed by atoms with Crippen molar-refractivity contribution in [3.8, 4) is 0 Å². The van der Waals surface area contributed by atoms with Crippen LogP contribution in [-0.4, -0.2) is 21.2 Å². The molecule has 0 aliphatic heterocycles. The highest BCUT2D eigenvalue weighted by atomic mass is 35.5. The fraction of sp³-hybridized carbons (Fsp3) is 0.579. The van der Waals surface area contributed by atoms with Gasteiger partial charge in [-0.1, -0.05) is 44.9 Å². The zero-order valence-electron chi connectivity index (χ0n) is 15.0. The lowest BCUT2D eigenvalue weighted by atomic mass is 10.2. The molecule has 0 aromatic carbocycles. The Kier molecular flexibility index (Phi) is 7.10. The number of nitrogens with one attached hydrogen (secondary N) is 2. The van der Waals surface area contributed by atoms with E-state index in [1.807, 2.05) is 26.8 Å². The minimum Gasteiger partial charge on any atom is -0.386 e. The molecule has 2 heterocycles. The van der Waals surface area contributed by atoms with Crippen LogP contribution in [0.1, 0.15) is 58.1 Å². The summed E-state index contributed by atoms with van der Waals surface area (Å²) in [5, 5.41) is 11.8. The lowest BCUT2D eigenvalue weighted by Crippen LogP contribution is -2.25. The first kappa shape index (κ1) is 18.8. The van der Waals surface area contributed by atoms with Crippen molar-refractivity contribution in [1.29, 1.82) is 0 Å². The molecule has 2 aromatic heterocycles. The third-order valence-electron chi connectivity index (χ3n) is 4.42. The van der Waals surface area contributed by atoms with Gasteiger partial charge in [0, 0.05) is 23.6 Å². The molecule has 2 fully saturated rings. The number of nitrogens with zero attached hydrogens (tertiary/aromatic N) is 2. The SMILES string of the molecule is C=C(NC1CCCC1)C1CC1.CC.Cc1[nH]nc2ccnc(Cl)c12. The Morgan fingerprint density at radius 3 is 2.50 bits per heavy atom. The van der Waals surface area contributed by atoms with Crippen molar-refractivity contribution in [3.63, 3.8) is 0 Å². The van der Waals surface area contributed by atoms with E-state index in [2.05, 4.69) is 27.1 Å². The topological polar surface area (TPSA) is 53.6 Å². The third-order valence-corrected chi connectivity index (χ3v) is 4.70. The van der Waals surface area contributed by atoms with Crippen molar-refractivity contribution in [2.75, 3.05) is 0 Å². The van der Waals surface area contributed by atoms with E-state index in [0.29, 0.717) is 5.15 Å². The van der Waals surface area contributed by atoms with Crippen LogP contribution in [-0.2, 0) is 0 Å². The lowest BCUT2D eigenvalue weighted by Gasteiger charge is -2.14. The Morgan fingerprint density at radius 1 is 1.25 bits per heavy atom. The summed E-state index contributed by atoms with van der Waals surface area (Å²) in [5.74, 6) is 0.829. The highest BCUT2D eigenvalue weighted by molar-refractivity contribution is 6.34. The highest BCUT2D eigenvalue weighted by Gasteiger charge is 2.26. The van der Waals surface area contributed by atoms with Gasteiger partial charge in [-0.15, -0.1) is 0 Å². The summed E-state index contributed by atoms with van der Waals surface area (Å²) in [6.45, 7) is 9.99. The van der Waals surface area contributed by atoms with Gasteiger partial charge in [0.05, 0.1) is 10.9 Å². The van der Waals surface area contributed by atoms with Gasteiger partial charge >= 0.3 is 0 Å². The average Bonchev–Trinajstić information content (AvgIpc) is 3.21. The van der Waals surface area contributed by atoms with Crippen LogP contribution in [0.25, 0.3) is 10.9 Å². The van der Waals surface area contributed by atoms with E-state index in [9.17, 15) is 0 Å². The highest BCUT2D eigenvalue weighted by Crippen LogP contribution is 2.35. The molecule has 0 amide bonds. The van der Waals surface area contributed by atoms with Crippen LogP contribution >= 0.6 is 11.6 Å². The molecule has 24 heavy (non-hydrogen) atoms. The number of fused-ring (bicyclic) bond motifs is 1. The number of rotatable bonds is 3. The molecule has 132 valence electrons. The van der Waals surface area contributed by atoms with Gasteiger partial charge in [-0.3, -0.25) is 5.10 Å². The van der Waals surface area contributed by atoms with Crippen molar-refractivity contribution in [1.82, 2.24) is 20.5 Å². The molecule has 0 spiro atoms. The van der Waals surface area contributed by atoms with Crippen molar-refractivity contribution < 1.29 is 0 Å². The van der Waals surface area contributed by atoms with Crippen molar-refractivity contribution >= 4 is 22.5 Å². The number of H-pyrrole nitrogens is 1. The summed E-state index contributed by atoms with van der Waals surface area (Å²) in [4.78, 5) is 3.95. The molecule has 2 N–H and O–H groups in total. The molecule has 4 nitrogen and oxygen atoms in total. The molecule has 0 radical (unpaired) electrons. The van der Waals surface area contributed by atoms with Gasteiger partial charge in [-0.2, -0.15) is 5.10 Å². The first-order chi connectivity index (χ1) is 11.6. The van der Waals surface area contributed by atoms with Gasteiger partial charge in [0.2, 0.25) is 0 Å². The molecule has 0 atom stereocenters. The second-order valence-electron chi connectivity index (χ2n) is 6.27. The van der Waals surface area contributed by atoms with Gasteiger partial charge in [0.25, 0.3) is 0 Å². The number of aromatic amines is 1. The molecule has 4 rings (SSSR count). The van der Waals surface area contributed by atoms with Crippen LogP contribution in [0.5, 0.6) is 0 Å². The Labute approximate surface area is 150 Å². The number of hydrogen-bond donors (Lipinski definition) is 2. The van der Waals surface area contributed by atoms with Crippen LogP contribution < -0.4 is 5.32 Å². The minimum absolute atomic E-state index is 0.508. The van der Waals surface area contributed by atoms with Crippen molar-refractivity contribution in [2.24, 2.45) is 5.92 Å². The second-order valence-corrected chi connectivity index (χ2v) is 6.63. The van der Waals surface area contributed by atoms with E-state index in [1.165, 1.54) is 44.2 Å². The van der Waals surface area contributed by atoms with Crippen LogP contribution in [0.4, 0.5) is 0 Å². The number of allylic oxidation sites excluding steroid dienone is 1. The maximum absolute atomic E-state index is 5.83. The van der Waals surface area contributed by atoms with E-state index >= 15 is 0 Å². The quantitative estimate of drug-likeness (QED) is 0.731. The summed E-state index contributed by atoms with van der Waals surface area (Å²) < 4.78 is 0. The molecule has 2 aromatic rings. The first-order valence-corrected chi connectivity index (χ1v) is 9.43. The van der Waals surface area contributed by atoms with Gasteiger partial charge < -0.3 is 5.32 Å². The van der Waals surface area contributed by atoms with Gasteiger partial charge in [-0.25, -0.2) is 4.98 Å². The zero-order chi connectivity index (χ0) is 17.5. The van der Waals surface area contributed by atoms with E-state index in [1.54, 1.807) is 6.20 Å². The molecular weight excluding hydrogens is 320 g/mol. The maximum atomic E-state index is 5.83. The second kappa shape index (κ2) is 9.07. The minimum atomic E-state index is 0.508. The normalized spacial score (nSPS) is 16.8. The van der Waals surface area contributed by atoms with Crippen molar-refractivity contribution in [3.05, 3.63) is 35.4 Å². The van der Waals surface area contributed by atoms with Crippen LogP contribution in [0.3, 0.4) is 0 Å². The number of hydrogen-bond acceptors (Lipinski definition) is 3. The fourth-order valence-electron chi connectivity index (χ4n) is 2.95. The molecule has 5 heteroatoms. The van der Waals surface area contributed by atoms with Gasteiger partial charge in [-0.05, 0) is 44.6 Å². The number of aromatic nitrogens is 3.